The molecule has 94 valence electrons. The van der Waals surface area contributed by atoms with Gasteiger partial charge >= 0.3 is 0 Å². The van der Waals surface area contributed by atoms with Crippen LogP contribution >= 0.6 is 15.9 Å². The molecule has 0 bridgehead atoms. The molecule has 1 aromatic heterocycles. The minimum atomic E-state index is 0.657. The Labute approximate surface area is 111 Å². The fourth-order valence-electron chi connectivity index (χ4n) is 2.22. The number of halogens is 1. The molecule has 5 heteroatoms. The van der Waals surface area contributed by atoms with E-state index in [9.17, 15) is 0 Å². The molecule has 0 aromatic carbocycles. The lowest BCUT2D eigenvalue weighted by molar-refractivity contribution is 0.228. The third-order valence-corrected chi connectivity index (χ3v) is 3.56. The van der Waals surface area contributed by atoms with Gasteiger partial charge in [0.05, 0.1) is 6.61 Å². The summed E-state index contributed by atoms with van der Waals surface area (Å²) < 4.78 is 6.45. The van der Waals surface area contributed by atoms with E-state index in [-0.39, 0.29) is 0 Å². The van der Waals surface area contributed by atoms with Gasteiger partial charge in [0, 0.05) is 12.1 Å². The van der Waals surface area contributed by atoms with Crippen molar-refractivity contribution < 1.29 is 4.74 Å². The average molecular weight is 300 g/mol. The highest BCUT2D eigenvalue weighted by Crippen LogP contribution is 2.19. The molecule has 1 atom stereocenters. The smallest absolute Gasteiger partial charge is 0.217 e. The number of nitrogens with zero attached hydrogens (tertiary/aromatic N) is 3. The third-order valence-electron chi connectivity index (χ3n) is 3.16. The van der Waals surface area contributed by atoms with E-state index in [1.165, 1.54) is 19.4 Å². The van der Waals surface area contributed by atoms with Crippen LogP contribution < -0.4 is 4.74 Å². The SMILES string of the molecule is Cc1nc(Br)cc(OCCC2CCCN2C)n1. The lowest BCUT2D eigenvalue weighted by Crippen LogP contribution is -2.26. The number of ether oxygens (including phenoxy) is 1. The molecule has 1 unspecified atom stereocenters. The second kappa shape index (κ2) is 5.78. The zero-order valence-corrected chi connectivity index (χ0v) is 11.9. The lowest BCUT2D eigenvalue weighted by atomic mass is 10.1. The van der Waals surface area contributed by atoms with Crippen molar-refractivity contribution in [3.05, 3.63) is 16.5 Å². The van der Waals surface area contributed by atoms with Crippen molar-refractivity contribution in [2.45, 2.75) is 32.2 Å². The first-order chi connectivity index (χ1) is 8.15. The van der Waals surface area contributed by atoms with Gasteiger partial charge in [-0.15, -0.1) is 0 Å². The van der Waals surface area contributed by atoms with Gasteiger partial charge in [-0.05, 0) is 55.7 Å². The van der Waals surface area contributed by atoms with E-state index in [1.807, 2.05) is 13.0 Å². The van der Waals surface area contributed by atoms with Crippen LogP contribution in [0.4, 0.5) is 0 Å². The molecular weight excluding hydrogens is 282 g/mol. The fraction of sp³-hybridized carbons (Fsp3) is 0.667. The van der Waals surface area contributed by atoms with Crippen molar-refractivity contribution in [2.75, 3.05) is 20.2 Å². The Morgan fingerprint density at radius 3 is 3.00 bits per heavy atom. The van der Waals surface area contributed by atoms with Crippen LogP contribution in [0.3, 0.4) is 0 Å². The Balaban J connectivity index is 1.81. The summed E-state index contributed by atoms with van der Waals surface area (Å²) >= 11 is 3.34. The second-order valence-corrected chi connectivity index (χ2v) is 5.30. The molecule has 1 aromatic rings. The first kappa shape index (κ1) is 12.8. The predicted octanol–water partition coefficient (Wildman–Crippen LogP) is 2.41. The van der Waals surface area contributed by atoms with Crippen LogP contribution in [-0.2, 0) is 0 Å². The van der Waals surface area contributed by atoms with Crippen molar-refractivity contribution in [3.8, 4) is 5.88 Å². The van der Waals surface area contributed by atoms with Crippen molar-refractivity contribution in [2.24, 2.45) is 0 Å². The maximum Gasteiger partial charge on any atom is 0.217 e. The second-order valence-electron chi connectivity index (χ2n) is 4.49. The van der Waals surface area contributed by atoms with E-state index in [4.69, 9.17) is 4.74 Å². The summed E-state index contributed by atoms with van der Waals surface area (Å²) in [6, 6.07) is 2.48. The van der Waals surface area contributed by atoms with Gasteiger partial charge in [-0.3, -0.25) is 0 Å². The number of aromatic nitrogens is 2. The van der Waals surface area contributed by atoms with Crippen LogP contribution in [-0.4, -0.2) is 41.1 Å². The van der Waals surface area contributed by atoms with E-state index in [1.54, 1.807) is 0 Å². The molecule has 2 heterocycles. The van der Waals surface area contributed by atoms with Crippen LogP contribution in [0.25, 0.3) is 0 Å². The Kier molecular flexibility index (Phi) is 4.34. The van der Waals surface area contributed by atoms with Gasteiger partial charge in [0.2, 0.25) is 5.88 Å². The third kappa shape index (κ3) is 3.64. The van der Waals surface area contributed by atoms with Gasteiger partial charge in [0.1, 0.15) is 10.4 Å². The van der Waals surface area contributed by atoms with E-state index in [0.717, 1.165) is 23.5 Å². The Bertz CT molecular complexity index is 366. The molecule has 17 heavy (non-hydrogen) atoms. The number of likely N-dealkylation sites (tertiary alicyclic amines) is 1. The standard InChI is InChI=1S/C12H18BrN3O/c1-9-14-11(13)8-12(15-9)17-7-5-10-4-3-6-16(10)2/h8,10H,3-7H2,1-2H3. The van der Waals surface area contributed by atoms with Gasteiger partial charge in [0.15, 0.2) is 0 Å². The first-order valence-electron chi connectivity index (χ1n) is 5.99. The molecule has 0 saturated carbocycles. The van der Waals surface area contributed by atoms with Crippen LogP contribution in [0.15, 0.2) is 10.7 Å². The number of aryl methyl sites for hydroxylation is 1. The summed E-state index contributed by atoms with van der Waals surface area (Å²) in [6.07, 6.45) is 3.66. The van der Waals surface area contributed by atoms with E-state index in [0.29, 0.717) is 11.9 Å². The van der Waals surface area contributed by atoms with E-state index in [2.05, 4.69) is 37.8 Å². The summed E-state index contributed by atoms with van der Waals surface area (Å²) in [4.78, 5) is 10.8. The van der Waals surface area contributed by atoms with Crippen LogP contribution in [0.2, 0.25) is 0 Å². The predicted molar refractivity (Wildman–Crippen MR) is 70.2 cm³/mol. The van der Waals surface area contributed by atoms with Crippen molar-refractivity contribution in [1.29, 1.82) is 0 Å². The van der Waals surface area contributed by atoms with Gasteiger partial charge < -0.3 is 9.64 Å². The molecule has 0 radical (unpaired) electrons. The fourth-order valence-corrected chi connectivity index (χ4v) is 2.68. The zero-order valence-electron chi connectivity index (χ0n) is 10.3. The highest BCUT2D eigenvalue weighted by atomic mass is 79.9. The van der Waals surface area contributed by atoms with Gasteiger partial charge in [-0.25, -0.2) is 4.98 Å². The van der Waals surface area contributed by atoms with Crippen LogP contribution in [0.5, 0.6) is 5.88 Å². The molecule has 0 aliphatic carbocycles. The lowest BCUT2D eigenvalue weighted by Gasteiger charge is -2.19. The largest absolute Gasteiger partial charge is 0.477 e. The quantitative estimate of drug-likeness (QED) is 0.800. The molecule has 0 N–H and O–H groups in total. The van der Waals surface area contributed by atoms with Crippen molar-refractivity contribution >= 4 is 15.9 Å². The number of hydrogen-bond donors (Lipinski definition) is 0. The zero-order chi connectivity index (χ0) is 12.3. The van der Waals surface area contributed by atoms with Crippen LogP contribution in [0.1, 0.15) is 25.1 Å². The summed E-state index contributed by atoms with van der Waals surface area (Å²) in [5.74, 6) is 1.39. The molecule has 1 aliphatic rings. The highest BCUT2D eigenvalue weighted by molar-refractivity contribution is 9.10. The summed E-state index contributed by atoms with van der Waals surface area (Å²) in [5, 5.41) is 0. The maximum absolute atomic E-state index is 5.67. The van der Waals surface area contributed by atoms with Gasteiger partial charge in [-0.1, -0.05) is 0 Å². The Hall–Kier alpha value is -0.680. The Morgan fingerprint density at radius 2 is 2.35 bits per heavy atom. The summed E-state index contributed by atoms with van der Waals surface area (Å²) in [7, 11) is 2.18. The van der Waals surface area contributed by atoms with Crippen LogP contribution in [0, 0.1) is 6.92 Å². The molecule has 4 nitrogen and oxygen atoms in total. The molecule has 2 rings (SSSR count). The minimum Gasteiger partial charge on any atom is -0.477 e. The van der Waals surface area contributed by atoms with Crippen molar-refractivity contribution in [3.63, 3.8) is 0 Å². The molecule has 1 aliphatic heterocycles. The monoisotopic (exact) mass is 299 g/mol. The highest BCUT2D eigenvalue weighted by Gasteiger charge is 2.20. The first-order valence-corrected chi connectivity index (χ1v) is 6.78. The maximum atomic E-state index is 5.67. The average Bonchev–Trinajstić information content (AvgIpc) is 2.63. The van der Waals surface area contributed by atoms with Crippen molar-refractivity contribution in [1.82, 2.24) is 14.9 Å². The Morgan fingerprint density at radius 1 is 1.53 bits per heavy atom. The topological polar surface area (TPSA) is 38.2 Å². The molecular formula is C12H18BrN3O. The summed E-state index contributed by atoms with van der Waals surface area (Å²) in [5.41, 5.74) is 0. The normalized spacial score (nSPS) is 20.8. The molecule has 0 amide bonds. The van der Waals surface area contributed by atoms with E-state index >= 15 is 0 Å². The molecule has 0 spiro atoms. The van der Waals surface area contributed by atoms with Gasteiger partial charge in [0.25, 0.3) is 0 Å². The summed E-state index contributed by atoms with van der Waals surface area (Å²) in [6.45, 7) is 3.79. The van der Waals surface area contributed by atoms with Gasteiger partial charge in [-0.2, -0.15) is 4.98 Å². The number of hydrogen-bond acceptors (Lipinski definition) is 4. The minimum absolute atomic E-state index is 0.657. The number of rotatable bonds is 4. The van der Waals surface area contributed by atoms with E-state index < -0.39 is 0 Å². The molecule has 1 fully saturated rings. The molecule has 1 saturated heterocycles.